The van der Waals surface area contributed by atoms with Crippen LogP contribution in [0.1, 0.15) is 51.2 Å². The highest BCUT2D eigenvalue weighted by molar-refractivity contribution is 5.87. The number of carbonyl (C=O) groups is 1. The fourth-order valence-electron chi connectivity index (χ4n) is 3.69. The van der Waals surface area contributed by atoms with Gasteiger partial charge in [0.15, 0.2) is 0 Å². The van der Waals surface area contributed by atoms with Crippen LogP contribution in [0, 0.1) is 17.2 Å². The van der Waals surface area contributed by atoms with Gasteiger partial charge in [0.1, 0.15) is 11.7 Å². The van der Waals surface area contributed by atoms with Gasteiger partial charge >= 0.3 is 6.09 Å². The van der Waals surface area contributed by atoms with Gasteiger partial charge in [-0.1, -0.05) is 19.1 Å². The number of benzene rings is 1. The number of likely N-dealkylation sites (tertiary alicyclic amines) is 1. The van der Waals surface area contributed by atoms with Gasteiger partial charge in [-0.05, 0) is 50.8 Å². The molecule has 1 aromatic carbocycles. The molecule has 0 saturated carbocycles. The van der Waals surface area contributed by atoms with Crippen LogP contribution in [-0.4, -0.2) is 34.7 Å². The number of piperidine rings is 1. The largest absolute Gasteiger partial charge is 0.444 e. The summed E-state index contributed by atoms with van der Waals surface area (Å²) in [5.41, 5.74) is 1.96. The first kappa shape index (κ1) is 18.2. The number of carbonyl (C=O) groups excluding carboxylic acids is 1. The minimum atomic E-state index is -0.502. The minimum Gasteiger partial charge on any atom is -0.444 e. The van der Waals surface area contributed by atoms with Gasteiger partial charge in [0.25, 0.3) is 0 Å². The van der Waals surface area contributed by atoms with Crippen LogP contribution >= 0.6 is 0 Å². The lowest BCUT2D eigenvalue weighted by molar-refractivity contribution is 0.0152. The third-order valence-electron chi connectivity index (χ3n) is 4.68. The number of nitriles is 1. The van der Waals surface area contributed by atoms with E-state index in [0.29, 0.717) is 24.6 Å². The van der Waals surface area contributed by atoms with Crippen molar-refractivity contribution in [3.05, 3.63) is 41.6 Å². The third-order valence-corrected chi connectivity index (χ3v) is 4.68. The molecule has 2 unspecified atom stereocenters. The first-order valence-electron chi connectivity index (χ1n) is 9.04. The quantitative estimate of drug-likeness (QED) is 0.760. The smallest absolute Gasteiger partial charge is 0.410 e. The highest BCUT2D eigenvalue weighted by atomic mass is 16.6. The van der Waals surface area contributed by atoms with E-state index in [1.807, 2.05) is 49.9 Å². The molecule has 1 aliphatic rings. The Bertz CT molecular complexity index is 864. The number of hydrogen-bond acceptors (Lipinski definition) is 4. The van der Waals surface area contributed by atoms with E-state index >= 15 is 0 Å². The van der Waals surface area contributed by atoms with Crippen LogP contribution in [0.2, 0.25) is 0 Å². The topological polar surface area (TPSA) is 66.2 Å². The van der Waals surface area contributed by atoms with Gasteiger partial charge in [0, 0.05) is 30.6 Å². The van der Waals surface area contributed by atoms with Gasteiger partial charge in [-0.2, -0.15) is 5.26 Å². The second-order valence-electron chi connectivity index (χ2n) is 8.14. The van der Waals surface area contributed by atoms with Crippen LogP contribution in [-0.2, 0) is 4.74 Å². The first-order valence-corrected chi connectivity index (χ1v) is 9.04. The van der Waals surface area contributed by atoms with E-state index in [-0.39, 0.29) is 12.0 Å². The van der Waals surface area contributed by atoms with Crippen molar-refractivity contribution in [2.75, 3.05) is 13.1 Å². The summed E-state index contributed by atoms with van der Waals surface area (Å²) in [7, 11) is 0. The van der Waals surface area contributed by atoms with Crippen molar-refractivity contribution in [3.8, 4) is 6.07 Å². The Balaban J connectivity index is 1.93. The number of nitrogens with zero attached hydrogens (tertiary/aromatic N) is 3. The van der Waals surface area contributed by atoms with Gasteiger partial charge in [-0.25, -0.2) is 4.79 Å². The lowest BCUT2D eigenvalue weighted by Gasteiger charge is -2.37. The number of fused-ring (bicyclic) bond motifs is 1. The van der Waals surface area contributed by atoms with E-state index in [2.05, 4.69) is 18.0 Å². The van der Waals surface area contributed by atoms with E-state index in [9.17, 15) is 10.1 Å². The summed E-state index contributed by atoms with van der Waals surface area (Å²) < 4.78 is 5.57. The maximum atomic E-state index is 12.5. The first-order chi connectivity index (χ1) is 12.3. The molecule has 0 N–H and O–H groups in total. The van der Waals surface area contributed by atoms with Crippen molar-refractivity contribution >= 4 is 17.0 Å². The molecule has 5 nitrogen and oxygen atoms in total. The van der Waals surface area contributed by atoms with Crippen LogP contribution in [0.15, 0.2) is 30.5 Å². The van der Waals surface area contributed by atoms with E-state index < -0.39 is 5.60 Å². The van der Waals surface area contributed by atoms with Crippen molar-refractivity contribution < 1.29 is 9.53 Å². The van der Waals surface area contributed by atoms with Crippen molar-refractivity contribution in [1.29, 1.82) is 5.26 Å². The molecule has 0 radical (unpaired) electrons. The summed E-state index contributed by atoms with van der Waals surface area (Å²) >= 11 is 0. The third kappa shape index (κ3) is 3.80. The molecule has 2 atom stereocenters. The van der Waals surface area contributed by atoms with Crippen molar-refractivity contribution in [1.82, 2.24) is 9.88 Å². The summed E-state index contributed by atoms with van der Waals surface area (Å²) in [5.74, 6) is 0.578. The summed E-state index contributed by atoms with van der Waals surface area (Å²) in [6.07, 6.45) is 2.45. The zero-order valence-corrected chi connectivity index (χ0v) is 15.8. The lowest BCUT2D eigenvalue weighted by atomic mass is 9.83. The average Bonchev–Trinajstić information content (AvgIpc) is 2.58. The second-order valence-corrected chi connectivity index (χ2v) is 8.14. The Labute approximate surface area is 154 Å². The maximum Gasteiger partial charge on any atom is 0.410 e. The average molecular weight is 351 g/mol. The Morgan fingerprint density at radius 1 is 1.31 bits per heavy atom. The van der Waals surface area contributed by atoms with E-state index in [1.165, 1.54) is 0 Å². The SMILES string of the molecule is CC1CC(c2ccc(C#N)c3ncccc23)CN(C(=O)OC(C)(C)C)C1. The molecule has 2 aromatic rings. The summed E-state index contributed by atoms with van der Waals surface area (Å²) in [6.45, 7) is 9.14. The Morgan fingerprint density at radius 2 is 2.08 bits per heavy atom. The Morgan fingerprint density at radius 3 is 2.77 bits per heavy atom. The lowest BCUT2D eigenvalue weighted by Crippen LogP contribution is -2.45. The number of pyridine rings is 1. The van der Waals surface area contributed by atoms with E-state index in [0.717, 1.165) is 22.9 Å². The zero-order valence-electron chi connectivity index (χ0n) is 15.8. The molecule has 3 rings (SSSR count). The molecule has 0 aliphatic carbocycles. The summed E-state index contributed by atoms with van der Waals surface area (Å²) in [4.78, 5) is 18.8. The second kappa shape index (κ2) is 6.95. The van der Waals surface area contributed by atoms with Crippen LogP contribution in [0.3, 0.4) is 0 Å². The molecular weight excluding hydrogens is 326 g/mol. The standard InChI is InChI=1S/C21H25N3O2/c1-14-10-16(13-24(12-14)20(25)26-21(2,3)4)17-8-7-15(11-22)19-18(17)6-5-9-23-19/h5-9,14,16H,10,12-13H2,1-4H3. The van der Waals surface area contributed by atoms with Crippen LogP contribution in [0.5, 0.6) is 0 Å². The predicted molar refractivity (Wildman–Crippen MR) is 101 cm³/mol. The van der Waals surface area contributed by atoms with Gasteiger partial charge in [0.05, 0.1) is 11.1 Å². The number of aromatic nitrogens is 1. The molecule has 1 aromatic heterocycles. The highest BCUT2D eigenvalue weighted by Crippen LogP contribution is 2.35. The maximum absolute atomic E-state index is 12.5. The van der Waals surface area contributed by atoms with Gasteiger partial charge in [-0.15, -0.1) is 0 Å². The number of amides is 1. The molecule has 1 fully saturated rings. The van der Waals surface area contributed by atoms with E-state index in [1.54, 1.807) is 6.20 Å². The molecule has 136 valence electrons. The molecular formula is C21H25N3O2. The Hall–Kier alpha value is -2.61. The van der Waals surface area contributed by atoms with E-state index in [4.69, 9.17) is 4.74 Å². The summed E-state index contributed by atoms with van der Waals surface area (Å²) in [5, 5.41) is 10.3. The van der Waals surface area contributed by atoms with Gasteiger partial charge in [-0.3, -0.25) is 4.98 Å². The van der Waals surface area contributed by atoms with Crippen molar-refractivity contribution in [2.24, 2.45) is 5.92 Å². The van der Waals surface area contributed by atoms with Gasteiger partial charge < -0.3 is 9.64 Å². The van der Waals surface area contributed by atoms with Crippen molar-refractivity contribution in [2.45, 2.75) is 45.6 Å². The summed E-state index contributed by atoms with van der Waals surface area (Å²) in [6, 6.07) is 9.97. The molecule has 0 bridgehead atoms. The fraction of sp³-hybridized carbons (Fsp3) is 0.476. The normalized spacial score (nSPS) is 20.7. The predicted octanol–water partition coefficient (Wildman–Crippen LogP) is 4.47. The minimum absolute atomic E-state index is 0.200. The molecule has 1 aliphatic heterocycles. The molecule has 5 heteroatoms. The molecule has 2 heterocycles. The zero-order chi connectivity index (χ0) is 18.9. The molecule has 1 saturated heterocycles. The van der Waals surface area contributed by atoms with Crippen LogP contribution < -0.4 is 0 Å². The number of ether oxygens (including phenoxy) is 1. The van der Waals surface area contributed by atoms with Gasteiger partial charge in [0.2, 0.25) is 0 Å². The number of hydrogen-bond donors (Lipinski definition) is 0. The number of rotatable bonds is 1. The highest BCUT2D eigenvalue weighted by Gasteiger charge is 2.32. The molecule has 0 spiro atoms. The van der Waals surface area contributed by atoms with Crippen molar-refractivity contribution in [3.63, 3.8) is 0 Å². The molecule has 1 amide bonds. The van der Waals surface area contributed by atoms with Crippen LogP contribution in [0.4, 0.5) is 4.79 Å². The molecule has 26 heavy (non-hydrogen) atoms. The van der Waals surface area contributed by atoms with Crippen LogP contribution in [0.25, 0.3) is 10.9 Å². The fourth-order valence-corrected chi connectivity index (χ4v) is 3.69. The monoisotopic (exact) mass is 351 g/mol. The Kier molecular flexibility index (Phi) is 4.86.